The highest BCUT2D eigenvalue weighted by molar-refractivity contribution is 6.32. The van der Waals surface area contributed by atoms with Gasteiger partial charge in [-0.1, -0.05) is 11.6 Å². The van der Waals surface area contributed by atoms with Crippen LogP contribution >= 0.6 is 11.6 Å². The van der Waals surface area contributed by atoms with Crippen molar-refractivity contribution in [2.45, 2.75) is 19.1 Å². The fraction of sp³-hybridized carbons (Fsp3) is 0.429. The van der Waals surface area contributed by atoms with Crippen molar-refractivity contribution in [3.8, 4) is 5.75 Å². The Balaban J connectivity index is 2.01. The van der Waals surface area contributed by atoms with Crippen LogP contribution in [-0.4, -0.2) is 53.8 Å². The minimum Gasteiger partial charge on any atom is -0.479 e. The third kappa shape index (κ3) is 3.86. The molecule has 0 bridgehead atoms. The van der Waals surface area contributed by atoms with Crippen LogP contribution in [0.25, 0.3) is 0 Å². The number of carboxylic acids is 1. The van der Waals surface area contributed by atoms with Gasteiger partial charge in [-0.05, 0) is 25.1 Å². The Labute approximate surface area is 131 Å². The molecule has 0 unspecified atom stereocenters. The van der Waals surface area contributed by atoms with Crippen molar-refractivity contribution in [1.29, 1.82) is 0 Å². The van der Waals surface area contributed by atoms with E-state index in [0.717, 1.165) is 6.07 Å². The summed E-state index contributed by atoms with van der Waals surface area (Å²) in [5.74, 6) is -1.82. The molecule has 0 saturated carbocycles. The lowest BCUT2D eigenvalue weighted by molar-refractivity contribution is -0.161. The molecule has 1 fully saturated rings. The van der Waals surface area contributed by atoms with E-state index in [1.807, 2.05) is 0 Å². The number of ether oxygens (including phenoxy) is 2. The van der Waals surface area contributed by atoms with E-state index in [1.165, 1.54) is 24.0 Å². The fourth-order valence-corrected chi connectivity index (χ4v) is 2.28. The molecule has 1 aromatic rings. The van der Waals surface area contributed by atoms with Crippen LogP contribution in [-0.2, 0) is 14.3 Å². The minimum atomic E-state index is -1.12. The minimum absolute atomic E-state index is 0.0426. The molecule has 120 valence electrons. The first-order chi connectivity index (χ1) is 10.4. The van der Waals surface area contributed by atoms with Crippen molar-refractivity contribution in [3.63, 3.8) is 0 Å². The van der Waals surface area contributed by atoms with E-state index in [1.54, 1.807) is 0 Å². The summed E-state index contributed by atoms with van der Waals surface area (Å²) in [6.45, 7) is 1.91. The fourth-order valence-electron chi connectivity index (χ4n) is 2.07. The molecule has 1 aliphatic heterocycles. The summed E-state index contributed by atoms with van der Waals surface area (Å²) in [6, 6.07) is 3.59. The maximum atomic E-state index is 13.0. The van der Waals surface area contributed by atoms with Crippen LogP contribution in [0, 0.1) is 5.82 Å². The topological polar surface area (TPSA) is 76.1 Å². The number of amides is 1. The molecule has 2 rings (SSSR count). The van der Waals surface area contributed by atoms with Crippen molar-refractivity contribution in [1.82, 2.24) is 4.90 Å². The van der Waals surface area contributed by atoms with E-state index in [0.29, 0.717) is 0 Å². The van der Waals surface area contributed by atoms with Gasteiger partial charge >= 0.3 is 5.97 Å². The van der Waals surface area contributed by atoms with Gasteiger partial charge in [-0.3, -0.25) is 4.79 Å². The molecule has 0 spiro atoms. The molecule has 0 radical (unpaired) electrons. The Morgan fingerprint density at radius 1 is 1.55 bits per heavy atom. The van der Waals surface area contributed by atoms with Gasteiger partial charge in [-0.25, -0.2) is 9.18 Å². The van der Waals surface area contributed by atoms with E-state index in [2.05, 4.69) is 0 Å². The van der Waals surface area contributed by atoms with Gasteiger partial charge < -0.3 is 19.5 Å². The van der Waals surface area contributed by atoms with Gasteiger partial charge in [0, 0.05) is 6.54 Å². The maximum absolute atomic E-state index is 13.0. The summed E-state index contributed by atoms with van der Waals surface area (Å²) in [5.41, 5.74) is 0. The standard InChI is InChI=1S/C14H15ClFNO5/c1-8(22-11-3-2-9(16)6-10(11)15)13(18)17-4-5-21-12(7-17)14(19)20/h2-3,6,8,12H,4-5,7H2,1H3,(H,19,20)/t8-,12+/m1/s1. The van der Waals surface area contributed by atoms with E-state index in [-0.39, 0.29) is 36.4 Å². The first kappa shape index (κ1) is 16.5. The number of benzene rings is 1. The predicted molar refractivity (Wildman–Crippen MR) is 75.5 cm³/mol. The van der Waals surface area contributed by atoms with Crippen LogP contribution in [0.1, 0.15) is 6.92 Å². The smallest absolute Gasteiger partial charge is 0.334 e. The average Bonchev–Trinajstić information content (AvgIpc) is 2.49. The largest absolute Gasteiger partial charge is 0.479 e. The Morgan fingerprint density at radius 3 is 2.91 bits per heavy atom. The summed E-state index contributed by atoms with van der Waals surface area (Å²) < 4.78 is 23.5. The van der Waals surface area contributed by atoms with Crippen LogP contribution in [0.15, 0.2) is 18.2 Å². The van der Waals surface area contributed by atoms with Gasteiger partial charge in [0.25, 0.3) is 5.91 Å². The third-order valence-electron chi connectivity index (χ3n) is 3.20. The van der Waals surface area contributed by atoms with Crippen molar-refractivity contribution >= 4 is 23.5 Å². The zero-order valence-corrected chi connectivity index (χ0v) is 12.5. The number of nitrogens with zero attached hydrogens (tertiary/aromatic N) is 1. The quantitative estimate of drug-likeness (QED) is 0.906. The van der Waals surface area contributed by atoms with Crippen LogP contribution in [0.3, 0.4) is 0 Å². The van der Waals surface area contributed by atoms with Crippen molar-refractivity contribution in [3.05, 3.63) is 29.0 Å². The number of rotatable bonds is 4. The molecule has 1 heterocycles. The van der Waals surface area contributed by atoms with Crippen LogP contribution in [0.4, 0.5) is 4.39 Å². The summed E-state index contributed by atoms with van der Waals surface area (Å²) >= 11 is 5.84. The molecular weight excluding hydrogens is 317 g/mol. The second kappa shape index (κ2) is 6.93. The number of hydrogen-bond acceptors (Lipinski definition) is 4. The first-order valence-corrected chi connectivity index (χ1v) is 7.01. The third-order valence-corrected chi connectivity index (χ3v) is 3.49. The highest BCUT2D eigenvalue weighted by Gasteiger charge is 2.31. The molecule has 0 aromatic heterocycles. The number of aliphatic carboxylic acids is 1. The normalized spacial score (nSPS) is 19.6. The van der Waals surface area contributed by atoms with Crippen molar-refractivity contribution in [2.24, 2.45) is 0 Å². The zero-order chi connectivity index (χ0) is 16.3. The van der Waals surface area contributed by atoms with E-state index in [4.69, 9.17) is 26.2 Å². The van der Waals surface area contributed by atoms with Crippen LogP contribution in [0.2, 0.25) is 5.02 Å². The number of hydrogen-bond donors (Lipinski definition) is 1. The maximum Gasteiger partial charge on any atom is 0.334 e. The van der Waals surface area contributed by atoms with Crippen molar-refractivity contribution in [2.75, 3.05) is 19.7 Å². The van der Waals surface area contributed by atoms with Gasteiger partial charge in [0.05, 0.1) is 18.2 Å². The number of carbonyl (C=O) groups is 2. The summed E-state index contributed by atoms with van der Waals surface area (Å²) in [4.78, 5) is 24.6. The molecule has 22 heavy (non-hydrogen) atoms. The molecule has 8 heteroatoms. The van der Waals surface area contributed by atoms with Crippen LogP contribution in [0.5, 0.6) is 5.75 Å². The summed E-state index contributed by atoms with van der Waals surface area (Å²) in [5, 5.41) is 8.99. The Bertz CT molecular complexity index is 582. The lowest BCUT2D eigenvalue weighted by Gasteiger charge is -2.32. The first-order valence-electron chi connectivity index (χ1n) is 6.63. The monoisotopic (exact) mass is 331 g/mol. The van der Waals surface area contributed by atoms with Crippen molar-refractivity contribution < 1.29 is 28.6 Å². The lowest BCUT2D eigenvalue weighted by Crippen LogP contribution is -2.51. The van der Waals surface area contributed by atoms with E-state index < -0.39 is 24.0 Å². The van der Waals surface area contributed by atoms with Gasteiger partial charge in [-0.15, -0.1) is 0 Å². The Kier molecular flexibility index (Phi) is 5.20. The second-order valence-corrected chi connectivity index (χ2v) is 5.22. The molecule has 1 aliphatic rings. The molecule has 1 N–H and O–H groups in total. The number of halogens is 2. The lowest BCUT2D eigenvalue weighted by atomic mass is 10.2. The predicted octanol–water partition coefficient (Wildman–Crippen LogP) is 1.56. The Hall–Kier alpha value is -1.86. The SMILES string of the molecule is C[C@@H](Oc1ccc(F)cc1Cl)C(=O)N1CCO[C@H](C(=O)O)C1. The molecule has 1 saturated heterocycles. The summed E-state index contributed by atoms with van der Waals surface area (Å²) in [6.07, 6.45) is -1.92. The Morgan fingerprint density at radius 2 is 2.27 bits per heavy atom. The molecule has 0 aliphatic carbocycles. The van der Waals surface area contributed by atoms with Gasteiger partial charge in [0.1, 0.15) is 11.6 Å². The van der Waals surface area contributed by atoms with E-state index in [9.17, 15) is 14.0 Å². The summed E-state index contributed by atoms with van der Waals surface area (Å²) in [7, 11) is 0. The van der Waals surface area contributed by atoms with Crippen LogP contribution < -0.4 is 4.74 Å². The van der Waals surface area contributed by atoms with Gasteiger partial charge in [-0.2, -0.15) is 0 Å². The zero-order valence-electron chi connectivity index (χ0n) is 11.8. The van der Waals surface area contributed by atoms with E-state index >= 15 is 0 Å². The van der Waals surface area contributed by atoms with Gasteiger partial charge in [0.2, 0.25) is 0 Å². The molecule has 2 atom stereocenters. The second-order valence-electron chi connectivity index (χ2n) is 4.82. The van der Waals surface area contributed by atoms with Gasteiger partial charge in [0.15, 0.2) is 12.2 Å². The molecule has 6 nitrogen and oxygen atoms in total. The average molecular weight is 332 g/mol. The number of carboxylic acid groups (broad SMARTS) is 1. The number of carbonyl (C=O) groups excluding carboxylic acids is 1. The molecule has 1 amide bonds. The highest BCUT2D eigenvalue weighted by atomic mass is 35.5. The highest BCUT2D eigenvalue weighted by Crippen LogP contribution is 2.26. The molecular formula is C14H15ClFNO5. The molecule has 1 aromatic carbocycles. The number of morpholine rings is 1.